The van der Waals surface area contributed by atoms with E-state index in [4.69, 9.17) is 4.74 Å². The fourth-order valence-electron chi connectivity index (χ4n) is 4.19. The Labute approximate surface area is 202 Å². The molecule has 4 aromatic rings. The number of nitro benzene ring substituents is 1. The van der Waals surface area contributed by atoms with E-state index in [0.717, 1.165) is 16.7 Å². The smallest absolute Gasteiger partial charge is 0.269 e. The summed E-state index contributed by atoms with van der Waals surface area (Å²) in [7, 11) is 0. The Morgan fingerprint density at radius 1 is 0.743 bits per heavy atom. The van der Waals surface area contributed by atoms with Crippen LogP contribution in [0.3, 0.4) is 0 Å². The second kappa shape index (κ2) is 9.65. The zero-order valence-electron chi connectivity index (χ0n) is 18.8. The Balaban J connectivity index is 1.67. The highest BCUT2D eigenvalue weighted by molar-refractivity contribution is 6.26. The molecule has 5 rings (SSSR count). The molecule has 0 N–H and O–H groups in total. The Bertz CT molecular complexity index is 1370. The monoisotopic (exact) mass is 462 g/mol. The van der Waals surface area contributed by atoms with Crippen LogP contribution in [0.4, 0.5) is 5.69 Å². The zero-order chi connectivity index (χ0) is 24.2. The number of carbonyl (C=O) groups excluding carboxylic acids is 1. The number of hydrogen-bond donors (Lipinski definition) is 0. The summed E-state index contributed by atoms with van der Waals surface area (Å²) in [4.78, 5) is 26.6. The molecule has 0 radical (unpaired) electrons. The van der Waals surface area contributed by atoms with Gasteiger partial charge in [-0.1, -0.05) is 91.0 Å². The van der Waals surface area contributed by atoms with Crippen molar-refractivity contribution in [2.75, 3.05) is 0 Å². The van der Waals surface area contributed by atoms with Crippen LogP contribution in [0.1, 0.15) is 28.5 Å². The molecule has 0 fully saturated rings. The minimum atomic E-state index is -0.758. The lowest BCUT2D eigenvalue weighted by atomic mass is 9.96. The quantitative estimate of drug-likeness (QED) is 0.252. The molecule has 1 aliphatic heterocycles. The van der Waals surface area contributed by atoms with Crippen LogP contribution in [-0.4, -0.2) is 15.7 Å². The van der Waals surface area contributed by atoms with Gasteiger partial charge >= 0.3 is 0 Å². The van der Waals surface area contributed by atoms with Crippen LogP contribution in [0.2, 0.25) is 0 Å². The first-order valence-electron chi connectivity index (χ1n) is 11.2. The van der Waals surface area contributed by atoms with E-state index in [1.54, 1.807) is 17.0 Å². The summed E-state index contributed by atoms with van der Waals surface area (Å²) in [6.07, 6.45) is -0.758. The van der Waals surface area contributed by atoms with Gasteiger partial charge < -0.3 is 4.74 Å². The Morgan fingerprint density at radius 2 is 1.29 bits per heavy atom. The fourth-order valence-corrected chi connectivity index (χ4v) is 4.19. The van der Waals surface area contributed by atoms with Gasteiger partial charge in [0.15, 0.2) is 0 Å². The number of nitrogens with zero attached hydrogens (tertiary/aromatic N) is 2. The molecule has 0 saturated heterocycles. The van der Waals surface area contributed by atoms with Crippen LogP contribution < -0.4 is 0 Å². The molecule has 0 saturated carbocycles. The van der Waals surface area contributed by atoms with Crippen molar-refractivity contribution in [1.29, 1.82) is 0 Å². The summed E-state index contributed by atoms with van der Waals surface area (Å²) in [5, 5.41) is 11.2. The molecule has 6 heteroatoms. The average Bonchev–Trinajstić information content (AvgIpc) is 2.91. The van der Waals surface area contributed by atoms with Crippen LogP contribution in [0.5, 0.6) is 0 Å². The van der Waals surface area contributed by atoms with Crippen molar-refractivity contribution in [2.24, 2.45) is 0 Å². The van der Waals surface area contributed by atoms with E-state index >= 15 is 0 Å². The van der Waals surface area contributed by atoms with Gasteiger partial charge in [-0.05, 0) is 23.3 Å². The number of nitro groups is 1. The molecule has 1 heterocycles. The maximum atomic E-state index is 14.2. The maximum absolute atomic E-state index is 14.2. The fraction of sp³-hybridized carbons (Fsp3) is 0.0690. The van der Waals surface area contributed by atoms with Crippen molar-refractivity contribution in [3.63, 3.8) is 0 Å². The number of amides is 1. The van der Waals surface area contributed by atoms with E-state index in [9.17, 15) is 14.9 Å². The molecule has 1 unspecified atom stereocenters. The number of rotatable bonds is 6. The van der Waals surface area contributed by atoms with Crippen molar-refractivity contribution >= 4 is 22.9 Å². The van der Waals surface area contributed by atoms with Crippen LogP contribution >= 0.6 is 0 Å². The highest BCUT2D eigenvalue weighted by atomic mass is 16.6. The third-order valence-electron chi connectivity index (χ3n) is 5.90. The van der Waals surface area contributed by atoms with Gasteiger partial charge in [-0.3, -0.25) is 19.8 Å². The SMILES string of the molecule is O=C1C(c2ccccc2)=C(c2ccccc2)OC(c2ccc([N+](=O)[O-])cc2)N1Cc1ccccc1. The van der Waals surface area contributed by atoms with Gasteiger partial charge in [0, 0.05) is 29.8 Å². The average molecular weight is 463 g/mol. The van der Waals surface area contributed by atoms with Crippen molar-refractivity contribution in [1.82, 2.24) is 4.90 Å². The third kappa shape index (κ3) is 4.54. The van der Waals surface area contributed by atoms with E-state index < -0.39 is 11.2 Å². The van der Waals surface area contributed by atoms with Crippen molar-refractivity contribution in [2.45, 2.75) is 12.8 Å². The van der Waals surface area contributed by atoms with E-state index in [0.29, 0.717) is 23.4 Å². The van der Waals surface area contributed by atoms with Gasteiger partial charge in [0.05, 0.1) is 10.5 Å². The molecule has 35 heavy (non-hydrogen) atoms. The Morgan fingerprint density at radius 3 is 1.86 bits per heavy atom. The standard InChI is InChI=1S/C29H22N2O4/c32-28-26(22-12-6-2-7-13-22)27(23-14-8-3-9-15-23)35-29(24-16-18-25(19-17-24)31(33)34)30(28)20-21-10-4-1-5-11-21/h1-19,29H,20H2. The van der Waals surface area contributed by atoms with Gasteiger partial charge in [-0.25, -0.2) is 0 Å². The van der Waals surface area contributed by atoms with Gasteiger partial charge in [0.25, 0.3) is 11.6 Å². The second-order valence-electron chi connectivity index (χ2n) is 8.17. The molecule has 1 atom stereocenters. The number of carbonyl (C=O) groups is 1. The first-order valence-corrected chi connectivity index (χ1v) is 11.2. The molecule has 0 bridgehead atoms. The lowest BCUT2D eigenvalue weighted by molar-refractivity contribution is -0.384. The van der Waals surface area contributed by atoms with Gasteiger partial charge in [-0.15, -0.1) is 0 Å². The first kappa shape index (κ1) is 22.1. The van der Waals surface area contributed by atoms with Crippen LogP contribution in [-0.2, 0) is 16.1 Å². The van der Waals surface area contributed by atoms with E-state index in [1.807, 2.05) is 91.0 Å². The van der Waals surface area contributed by atoms with Gasteiger partial charge in [0.2, 0.25) is 6.23 Å². The summed E-state index contributed by atoms with van der Waals surface area (Å²) in [6, 6.07) is 34.8. The molecule has 1 aliphatic rings. The summed E-state index contributed by atoms with van der Waals surface area (Å²) in [6.45, 7) is 0.319. The molecule has 0 aliphatic carbocycles. The van der Waals surface area contributed by atoms with E-state index in [2.05, 4.69) is 0 Å². The predicted molar refractivity (Wildman–Crippen MR) is 134 cm³/mol. The lowest BCUT2D eigenvalue weighted by Crippen LogP contribution is -2.40. The molecule has 4 aromatic carbocycles. The minimum Gasteiger partial charge on any atom is -0.465 e. The maximum Gasteiger partial charge on any atom is 0.269 e. The normalized spacial score (nSPS) is 15.6. The van der Waals surface area contributed by atoms with Crippen LogP contribution in [0, 0.1) is 10.1 Å². The second-order valence-corrected chi connectivity index (χ2v) is 8.17. The van der Waals surface area contributed by atoms with Crippen LogP contribution in [0.25, 0.3) is 11.3 Å². The molecule has 6 nitrogen and oxygen atoms in total. The summed E-state index contributed by atoms with van der Waals surface area (Å²) < 4.78 is 6.60. The first-order chi connectivity index (χ1) is 17.1. The zero-order valence-corrected chi connectivity index (χ0v) is 18.8. The van der Waals surface area contributed by atoms with Crippen molar-refractivity contribution < 1.29 is 14.5 Å². The molecule has 0 spiro atoms. The van der Waals surface area contributed by atoms with Crippen LogP contribution in [0.15, 0.2) is 115 Å². The summed E-state index contributed by atoms with van der Waals surface area (Å²) in [5.74, 6) is 0.308. The Hall–Kier alpha value is -4.71. The third-order valence-corrected chi connectivity index (χ3v) is 5.90. The minimum absolute atomic E-state index is 0.0192. The highest BCUT2D eigenvalue weighted by Crippen LogP contribution is 2.41. The predicted octanol–water partition coefficient (Wildman–Crippen LogP) is 6.22. The molecular formula is C29H22N2O4. The number of non-ortho nitro benzene ring substituents is 1. The molecular weight excluding hydrogens is 440 g/mol. The van der Waals surface area contributed by atoms with Gasteiger partial charge in [-0.2, -0.15) is 0 Å². The summed E-state index contributed by atoms with van der Waals surface area (Å²) >= 11 is 0. The van der Waals surface area contributed by atoms with Gasteiger partial charge in [0.1, 0.15) is 5.76 Å². The number of hydrogen-bond acceptors (Lipinski definition) is 4. The number of ether oxygens (including phenoxy) is 1. The Kier molecular flexibility index (Phi) is 6.09. The van der Waals surface area contributed by atoms with Crippen molar-refractivity contribution in [3.8, 4) is 0 Å². The topological polar surface area (TPSA) is 72.7 Å². The van der Waals surface area contributed by atoms with Crippen molar-refractivity contribution in [3.05, 3.63) is 148 Å². The highest BCUT2D eigenvalue weighted by Gasteiger charge is 2.38. The molecule has 172 valence electrons. The van der Waals surface area contributed by atoms with E-state index in [1.165, 1.54) is 12.1 Å². The number of benzene rings is 4. The molecule has 0 aromatic heterocycles. The summed E-state index contributed by atoms with van der Waals surface area (Å²) in [5.41, 5.74) is 3.61. The van der Waals surface area contributed by atoms with E-state index in [-0.39, 0.29) is 11.6 Å². The lowest BCUT2D eigenvalue weighted by Gasteiger charge is -2.38. The largest absolute Gasteiger partial charge is 0.465 e. The molecule has 1 amide bonds.